The van der Waals surface area contributed by atoms with Crippen molar-refractivity contribution in [2.45, 2.75) is 45.4 Å². The predicted molar refractivity (Wildman–Crippen MR) is 61.4 cm³/mol. The van der Waals surface area contributed by atoms with E-state index < -0.39 is 0 Å². The topological polar surface area (TPSA) is 51.8 Å². The van der Waals surface area contributed by atoms with Gasteiger partial charge in [-0.25, -0.2) is 9.97 Å². The molecule has 82 valence electrons. The van der Waals surface area contributed by atoms with Crippen LogP contribution in [0.2, 0.25) is 0 Å². The largest absolute Gasteiger partial charge is 0.384 e. The van der Waals surface area contributed by atoms with Gasteiger partial charge in [0, 0.05) is 12.1 Å². The molecule has 1 aromatic rings. The number of aromatic nitrogens is 2. The summed E-state index contributed by atoms with van der Waals surface area (Å²) in [6.07, 6.45) is 6.66. The Balaban J connectivity index is 2.08. The average Bonchev–Trinajstić information content (AvgIpc) is 2.17. The van der Waals surface area contributed by atoms with Gasteiger partial charge >= 0.3 is 0 Å². The molecule has 1 aliphatic carbocycles. The molecule has 15 heavy (non-hydrogen) atoms. The Morgan fingerprint density at radius 3 is 2.60 bits per heavy atom. The first-order valence-corrected chi connectivity index (χ1v) is 5.65. The minimum absolute atomic E-state index is 0.497. The van der Waals surface area contributed by atoms with Gasteiger partial charge in [-0.3, -0.25) is 0 Å². The number of hydrogen-bond acceptors (Lipinski definition) is 3. The molecule has 0 aliphatic heterocycles. The minimum atomic E-state index is 0.497. The SMILES string of the molecule is CC1(C)CCC(c2nccc(N)n2)CC1. The molecular formula is C12H19N3. The molecule has 0 amide bonds. The molecule has 1 saturated carbocycles. The standard InChI is InChI=1S/C12H19N3/c1-12(2)6-3-9(4-7-12)11-14-8-5-10(13)15-11/h5,8-9H,3-4,6-7H2,1-2H3,(H2,13,14,15). The third-order valence-corrected chi connectivity index (χ3v) is 3.40. The van der Waals surface area contributed by atoms with Crippen LogP contribution in [0.25, 0.3) is 0 Å². The lowest BCUT2D eigenvalue weighted by Gasteiger charge is -2.33. The number of nitrogens with two attached hydrogens (primary N) is 1. The van der Waals surface area contributed by atoms with Gasteiger partial charge in [-0.05, 0) is 37.2 Å². The number of nitrogen functional groups attached to an aromatic ring is 1. The molecule has 0 unspecified atom stereocenters. The first kappa shape index (κ1) is 10.4. The molecular weight excluding hydrogens is 186 g/mol. The van der Waals surface area contributed by atoms with Gasteiger partial charge in [0.05, 0.1) is 0 Å². The van der Waals surface area contributed by atoms with E-state index in [0.717, 1.165) is 5.82 Å². The average molecular weight is 205 g/mol. The van der Waals surface area contributed by atoms with Crippen LogP contribution in [0.1, 0.15) is 51.3 Å². The summed E-state index contributed by atoms with van der Waals surface area (Å²) < 4.78 is 0. The van der Waals surface area contributed by atoms with Gasteiger partial charge in [0.1, 0.15) is 11.6 Å². The fourth-order valence-corrected chi connectivity index (χ4v) is 2.24. The molecule has 0 radical (unpaired) electrons. The van der Waals surface area contributed by atoms with Crippen molar-refractivity contribution in [1.82, 2.24) is 9.97 Å². The van der Waals surface area contributed by atoms with Crippen molar-refractivity contribution < 1.29 is 0 Å². The van der Waals surface area contributed by atoms with Gasteiger partial charge in [-0.15, -0.1) is 0 Å². The molecule has 1 heterocycles. The van der Waals surface area contributed by atoms with Crippen molar-refractivity contribution in [1.29, 1.82) is 0 Å². The summed E-state index contributed by atoms with van der Waals surface area (Å²) in [6.45, 7) is 4.67. The molecule has 0 aromatic carbocycles. The van der Waals surface area contributed by atoms with Crippen LogP contribution in [-0.4, -0.2) is 9.97 Å². The van der Waals surface area contributed by atoms with Gasteiger partial charge in [-0.1, -0.05) is 13.8 Å². The lowest BCUT2D eigenvalue weighted by molar-refractivity contribution is 0.221. The Kier molecular flexibility index (Phi) is 2.63. The lowest BCUT2D eigenvalue weighted by Crippen LogP contribution is -2.21. The fourth-order valence-electron chi connectivity index (χ4n) is 2.24. The van der Waals surface area contributed by atoms with Gasteiger partial charge in [-0.2, -0.15) is 0 Å². The maximum absolute atomic E-state index is 5.67. The normalized spacial score (nSPS) is 21.5. The zero-order valence-corrected chi connectivity index (χ0v) is 9.53. The highest BCUT2D eigenvalue weighted by atomic mass is 14.9. The van der Waals surface area contributed by atoms with Gasteiger partial charge < -0.3 is 5.73 Å². The van der Waals surface area contributed by atoms with Crippen molar-refractivity contribution in [3.63, 3.8) is 0 Å². The lowest BCUT2D eigenvalue weighted by atomic mass is 9.73. The summed E-state index contributed by atoms with van der Waals surface area (Å²) in [5.41, 5.74) is 6.16. The number of nitrogens with zero attached hydrogens (tertiary/aromatic N) is 2. The monoisotopic (exact) mass is 205 g/mol. The van der Waals surface area contributed by atoms with E-state index in [-0.39, 0.29) is 0 Å². The van der Waals surface area contributed by atoms with Crippen molar-refractivity contribution in [3.05, 3.63) is 18.1 Å². The number of rotatable bonds is 1. The third kappa shape index (κ3) is 2.46. The molecule has 3 heteroatoms. The van der Waals surface area contributed by atoms with Crippen LogP contribution >= 0.6 is 0 Å². The summed E-state index contributed by atoms with van der Waals surface area (Å²) in [4.78, 5) is 8.63. The number of hydrogen-bond donors (Lipinski definition) is 1. The molecule has 0 spiro atoms. The molecule has 0 bridgehead atoms. The summed E-state index contributed by atoms with van der Waals surface area (Å²) in [5.74, 6) is 2.04. The van der Waals surface area contributed by atoms with Crippen LogP contribution < -0.4 is 5.73 Å². The van der Waals surface area contributed by atoms with Crippen LogP contribution in [0.4, 0.5) is 5.82 Å². The molecule has 2 N–H and O–H groups in total. The van der Waals surface area contributed by atoms with Crippen LogP contribution in [0.3, 0.4) is 0 Å². The summed E-state index contributed by atoms with van der Waals surface area (Å²) in [7, 11) is 0. The second-order valence-corrected chi connectivity index (χ2v) is 5.28. The Hall–Kier alpha value is -1.12. The fraction of sp³-hybridized carbons (Fsp3) is 0.667. The molecule has 1 aromatic heterocycles. The summed E-state index contributed by atoms with van der Waals surface area (Å²) >= 11 is 0. The van der Waals surface area contributed by atoms with E-state index in [1.807, 2.05) is 0 Å². The summed E-state index contributed by atoms with van der Waals surface area (Å²) in [5, 5.41) is 0. The third-order valence-electron chi connectivity index (χ3n) is 3.40. The molecule has 3 nitrogen and oxygen atoms in total. The molecule has 0 saturated heterocycles. The molecule has 0 atom stereocenters. The Morgan fingerprint density at radius 2 is 2.00 bits per heavy atom. The molecule has 1 fully saturated rings. The van der Waals surface area contributed by atoms with Crippen LogP contribution in [0, 0.1) is 5.41 Å². The smallest absolute Gasteiger partial charge is 0.133 e. The quantitative estimate of drug-likeness (QED) is 0.767. The van der Waals surface area contributed by atoms with E-state index >= 15 is 0 Å². The maximum Gasteiger partial charge on any atom is 0.133 e. The Labute approximate surface area is 91.1 Å². The van der Waals surface area contributed by atoms with Gasteiger partial charge in [0.15, 0.2) is 0 Å². The number of anilines is 1. The van der Waals surface area contributed by atoms with Crippen molar-refractivity contribution >= 4 is 5.82 Å². The highest BCUT2D eigenvalue weighted by molar-refractivity contribution is 5.26. The molecule has 2 rings (SSSR count). The highest BCUT2D eigenvalue weighted by Crippen LogP contribution is 2.41. The van der Waals surface area contributed by atoms with E-state index in [9.17, 15) is 0 Å². The predicted octanol–water partition coefficient (Wildman–Crippen LogP) is 2.74. The van der Waals surface area contributed by atoms with Gasteiger partial charge in [0.25, 0.3) is 0 Å². The second kappa shape index (κ2) is 3.80. The van der Waals surface area contributed by atoms with Crippen molar-refractivity contribution in [2.75, 3.05) is 5.73 Å². The van der Waals surface area contributed by atoms with Crippen LogP contribution in [0.5, 0.6) is 0 Å². The Bertz CT molecular complexity index is 336. The van der Waals surface area contributed by atoms with Crippen molar-refractivity contribution in [3.8, 4) is 0 Å². The van der Waals surface area contributed by atoms with E-state index in [1.165, 1.54) is 25.7 Å². The molecule has 1 aliphatic rings. The first-order valence-electron chi connectivity index (χ1n) is 5.65. The second-order valence-electron chi connectivity index (χ2n) is 5.28. The first-order chi connectivity index (χ1) is 7.07. The zero-order chi connectivity index (χ0) is 10.9. The maximum atomic E-state index is 5.67. The van der Waals surface area contributed by atoms with Gasteiger partial charge in [0.2, 0.25) is 0 Å². The Morgan fingerprint density at radius 1 is 1.33 bits per heavy atom. The zero-order valence-electron chi connectivity index (χ0n) is 9.53. The highest BCUT2D eigenvalue weighted by Gasteiger charge is 2.28. The van der Waals surface area contributed by atoms with E-state index in [2.05, 4.69) is 23.8 Å². The van der Waals surface area contributed by atoms with E-state index in [1.54, 1.807) is 12.3 Å². The van der Waals surface area contributed by atoms with Crippen LogP contribution in [0.15, 0.2) is 12.3 Å². The van der Waals surface area contributed by atoms with Crippen LogP contribution in [-0.2, 0) is 0 Å². The minimum Gasteiger partial charge on any atom is -0.384 e. The van der Waals surface area contributed by atoms with E-state index in [4.69, 9.17) is 5.73 Å². The van der Waals surface area contributed by atoms with E-state index in [0.29, 0.717) is 17.2 Å². The van der Waals surface area contributed by atoms with Crippen molar-refractivity contribution in [2.24, 2.45) is 5.41 Å². The summed E-state index contributed by atoms with van der Waals surface area (Å²) in [6, 6.07) is 1.75.